The first-order valence-electron chi connectivity index (χ1n) is 6.51. The Morgan fingerprint density at radius 1 is 1.05 bits per heavy atom. The summed E-state index contributed by atoms with van der Waals surface area (Å²) in [4.78, 5) is 0. The molecule has 0 radical (unpaired) electrons. The maximum absolute atomic E-state index is 5.74. The average molecular weight is 275 g/mol. The molecule has 102 valence electrons. The molecule has 0 fully saturated rings. The van der Waals surface area contributed by atoms with Gasteiger partial charge >= 0.3 is 0 Å². The SMILES string of the molecule is CC(C)(C)NCc1ccc(OCc2ccsc2)cc1. The summed E-state index contributed by atoms with van der Waals surface area (Å²) in [6.45, 7) is 8.04. The summed E-state index contributed by atoms with van der Waals surface area (Å²) in [6.07, 6.45) is 0. The number of benzene rings is 1. The van der Waals surface area contributed by atoms with Crippen LogP contribution in [0.5, 0.6) is 5.75 Å². The number of hydrogen-bond acceptors (Lipinski definition) is 3. The molecule has 1 aromatic carbocycles. The molecule has 0 amide bonds. The Labute approximate surface area is 119 Å². The Kier molecular flexibility index (Phi) is 4.61. The van der Waals surface area contributed by atoms with Gasteiger partial charge in [-0.15, -0.1) is 0 Å². The smallest absolute Gasteiger partial charge is 0.119 e. The lowest BCUT2D eigenvalue weighted by molar-refractivity contribution is 0.306. The number of nitrogens with one attached hydrogen (secondary N) is 1. The number of rotatable bonds is 5. The molecular formula is C16H21NOS. The van der Waals surface area contributed by atoms with E-state index in [2.05, 4.69) is 55.0 Å². The first-order valence-corrected chi connectivity index (χ1v) is 7.45. The van der Waals surface area contributed by atoms with Gasteiger partial charge in [-0.2, -0.15) is 11.3 Å². The van der Waals surface area contributed by atoms with Crippen molar-refractivity contribution in [2.24, 2.45) is 0 Å². The third-order valence-electron chi connectivity index (χ3n) is 2.73. The molecule has 0 saturated heterocycles. The van der Waals surface area contributed by atoms with Crippen LogP contribution in [-0.2, 0) is 13.2 Å². The van der Waals surface area contributed by atoms with Crippen molar-refractivity contribution < 1.29 is 4.74 Å². The van der Waals surface area contributed by atoms with Crippen LogP contribution >= 0.6 is 11.3 Å². The first-order chi connectivity index (χ1) is 9.03. The standard InChI is InChI=1S/C16H21NOS/c1-16(2,3)17-10-13-4-6-15(7-5-13)18-11-14-8-9-19-12-14/h4-9,12,17H,10-11H2,1-3H3. The predicted molar refractivity (Wildman–Crippen MR) is 81.7 cm³/mol. The fourth-order valence-electron chi connectivity index (χ4n) is 1.61. The highest BCUT2D eigenvalue weighted by Gasteiger charge is 2.08. The molecule has 3 heteroatoms. The summed E-state index contributed by atoms with van der Waals surface area (Å²) < 4.78 is 5.74. The van der Waals surface area contributed by atoms with E-state index in [1.54, 1.807) is 11.3 Å². The number of hydrogen-bond donors (Lipinski definition) is 1. The molecule has 1 N–H and O–H groups in total. The van der Waals surface area contributed by atoms with Crippen LogP contribution in [0.3, 0.4) is 0 Å². The monoisotopic (exact) mass is 275 g/mol. The Hall–Kier alpha value is -1.32. The third kappa shape index (κ3) is 5.05. The second-order valence-electron chi connectivity index (χ2n) is 5.67. The molecule has 0 atom stereocenters. The number of ether oxygens (including phenoxy) is 1. The van der Waals surface area contributed by atoms with Gasteiger partial charge in [0.15, 0.2) is 0 Å². The van der Waals surface area contributed by atoms with Crippen molar-refractivity contribution in [1.82, 2.24) is 5.32 Å². The number of thiophene rings is 1. The summed E-state index contributed by atoms with van der Waals surface area (Å²) in [6, 6.07) is 10.4. The van der Waals surface area contributed by atoms with Crippen LogP contribution in [0.15, 0.2) is 41.1 Å². The lowest BCUT2D eigenvalue weighted by Crippen LogP contribution is -2.34. The quantitative estimate of drug-likeness (QED) is 0.882. The Morgan fingerprint density at radius 3 is 2.37 bits per heavy atom. The van der Waals surface area contributed by atoms with Crippen molar-refractivity contribution in [3.63, 3.8) is 0 Å². The van der Waals surface area contributed by atoms with E-state index in [4.69, 9.17) is 4.74 Å². The van der Waals surface area contributed by atoms with Gasteiger partial charge in [-0.1, -0.05) is 12.1 Å². The van der Waals surface area contributed by atoms with Crippen LogP contribution in [0.4, 0.5) is 0 Å². The van der Waals surface area contributed by atoms with Crippen LogP contribution in [0, 0.1) is 0 Å². The predicted octanol–water partition coefficient (Wildman–Crippen LogP) is 4.22. The minimum Gasteiger partial charge on any atom is -0.489 e. The molecule has 0 aliphatic rings. The van der Waals surface area contributed by atoms with Crippen molar-refractivity contribution in [2.75, 3.05) is 0 Å². The molecule has 2 aromatic rings. The van der Waals surface area contributed by atoms with E-state index in [1.807, 2.05) is 12.1 Å². The van der Waals surface area contributed by atoms with E-state index >= 15 is 0 Å². The van der Waals surface area contributed by atoms with Crippen LogP contribution in [-0.4, -0.2) is 5.54 Å². The van der Waals surface area contributed by atoms with Crippen molar-refractivity contribution in [1.29, 1.82) is 0 Å². The minimum absolute atomic E-state index is 0.147. The van der Waals surface area contributed by atoms with Gasteiger partial charge in [-0.05, 0) is 60.9 Å². The second kappa shape index (κ2) is 6.22. The molecule has 0 saturated carbocycles. The lowest BCUT2D eigenvalue weighted by Gasteiger charge is -2.20. The van der Waals surface area contributed by atoms with Gasteiger partial charge in [0.05, 0.1) is 0 Å². The van der Waals surface area contributed by atoms with Gasteiger partial charge in [-0.25, -0.2) is 0 Å². The first kappa shape index (κ1) is 14.1. The molecule has 0 aliphatic carbocycles. The van der Waals surface area contributed by atoms with Gasteiger partial charge < -0.3 is 10.1 Å². The Balaban J connectivity index is 1.84. The topological polar surface area (TPSA) is 21.3 Å². The molecule has 0 aliphatic heterocycles. The molecule has 1 heterocycles. The van der Waals surface area contributed by atoms with Gasteiger partial charge in [-0.3, -0.25) is 0 Å². The maximum Gasteiger partial charge on any atom is 0.119 e. The summed E-state index contributed by atoms with van der Waals surface area (Å²) in [5.74, 6) is 0.922. The van der Waals surface area contributed by atoms with E-state index in [0.29, 0.717) is 6.61 Å². The molecule has 19 heavy (non-hydrogen) atoms. The maximum atomic E-state index is 5.74. The molecule has 1 aromatic heterocycles. The van der Waals surface area contributed by atoms with E-state index in [-0.39, 0.29) is 5.54 Å². The molecule has 0 spiro atoms. The second-order valence-corrected chi connectivity index (χ2v) is 6.45. The summed E-state index contributed by atoms with van der Waals surface area (Å²) >= 11 is 1.70. The Bertz CT molecular complexity index is 482. The van der Waals surface area contributed by atoms with E-state index in [0.717, 1.165) is 12.3 Å². The zero-order chi connectivity index (χ0) is 13.7. The van der Waals surface area contributed by atoms with Crippen LogP contribution < -0.4 is 10.1 Å². The molecule has 2 nitrogen and oxygen atoms in total. The van der Waals surface area contributed by atoms with Crippen LogP contribution in [0.25, 0.3) is 0 Å². The summed E-state index contributed by atoms with van der Waals surface area (Å²) in [5.41, 5.74) is 2.65. The van der Waals surface area contributed by atoms with Crippen LogP contribution in [0.1, 0.15) is 31.9 Å². The highest BCUT2D eigenvalue weighted by molar-refractivity contribution is 7.07. The highest BCUT2D eigenvalue weighted by atomic mass is 32.1. The van der Waals surface area contributed by atoms with Crippen molar-refractivity contribution in [3.8, 4) is 5.75 Å². The van der Waals surface area contributed by atoms with Gasteiger partial charge in [0.2, 0.25) is 0 Å². The lowest BCUT2D eigenvalue weighted by atomic mass is 10.1. The van der Waals surface area contributed by atoms with Crippen molar-refractivity contribution in [2.45, 2.75) is 39.5 Å². The zero-order valence-corrected chi connectivity index (χ0v) is 12.6. The fourth-order valence-corrected chi connectivity index (χ4v) is 2.27. The molecular weight excluding hydrogens is 254 g/mol. The fraction of sp³-hybridized carbons (Fsp3) is 0.375. The zero-order valence-electron chi connectivity index (χ0n) is 11.8. The summed E-state index contributed by atoms with van der Waals surface area (Å²) in [5, 5.41) is 7.65. The van der Waals surface area contributed by atoms with E-state index in [9.17, 15) is 0 Å². The molecule has 0 bridgehead atoms. The third-order valence-corrected chi connectivity index (χ3v) is 3.46. The van der Waals surface area contributed by atoms with Gasteiger partial charge in [0.1, 0.15) is 12.4 Å². The summed E-state index contributed by atoms with van der Waals surface area (Å²) in [7, 11) is 0. The van der Waals surface area contributed by atoms with Crippen molar-refractivity contribution >= 4 is 11.3 Å². The average Bonchev–Trinajstić information content (AvgIpc) is 2.87. The Morgan fingerprint density at radius 2 is 1.79 bits per heavy atom. The normalized spacial score (nSPS) is 11.5. The molecule has 0 unspecified atom stereocenters. The largest absolute Gasteiger partial charge is 0.489 e. The van der Waals surface area contributed by atoms with Gasteiger partial charge in [0, 0.05) is 12.1 Å². The minimum atomic E-state index is 0.147. The van der Waals surface area contributed by atoms with Crippen molar-refractivity contribution in [3.05, 3.63) is 52.2 Å². The highest BCUT2D eigenvalue weighted by Crippen LogP contribution is 2.15. The van der Waals surface area contributed by atoms with Crippen LogP contribution in [0.2, 0.25) is 0 Å². The molecule has 2 rings (SSSR count). The van der Waals surface area contributed by atoms with E-state index < -0.39 is 0 Å². The van der Waals surface area contributed by atoms with Gasteiger partial charge in [0.25, 0.3) is 0 Å². The van der Waals surface area contributed by atoms with E-state index in [1.165, 1.54) is 11.1 Å².